The van der Waals surface area contributed by atoms with Crippen molar-refractivity contribution in [1.29, 1.82) is 0 Å². The van der Waals surface area contributed by atoms with Crippen LogP contribution in [0.2, 0.25) is 0 Å². The number of nitrogens with two attached hydrogens (primary N) is 1. The maximum atomic E-state index is 15.6. The molecule has 0 bridgehead atoms. The molecule has 0 spiro atoms. The Balaban J connectivity index is 1.76. The normalized spacial score (nSPS) is 21.1. The van der Waals surface area contributed by atoms with Gasteiger partial charge in [-0.15, -0.1) is 0 Å². The van der Waals surface area contributed by atoms with Gasteiger partial charge in [0.05, 0.1) is 24.6 Å². The first-order chi connectivity index (χ1) is 19.6. The molecule has 4 atom stereocenters. The summed E-state index contributed by atoms with van der Waals surface area (Å²) in [6.45, 7) is 6.71. The van der Waals surface area contributed by atoms with Crippen LogP contribution in [0.5, 0.6) is 0 Å². The number of hydrogen-bond donors (Lipinski definition) is 2. The van der Waals surface area contributed by atoms with Gasteiger partial charge in [0.1, 0.15) is 23.0 Å². The molecule has 0 radical (unpaired) electrons. The van der Waals surface area contributed by atoms with Crippen LogP contribution in [0.3, 0.4) is 0 Å². The van der Waals surface area contributed by atoms with Gasteiger partial charge < -0.3 is 15.8 Å². The van der Waals surface area contributed by atoms with E-state index in [1.165, 1.54) is 17.7 Å². The van der Waals surface area contributed by atoms with Gasteiger partial charge in [-0.3, -0.25) is 9.78 Å². The molecular formula is C32H40F2N4O2S. The van der Waals surface area contributed by atoms with E-state index in [1.54, 1.807) is 18.0 Å². The molecule has 3 aromatic rings. The van der Waals surface area contributed by atoms with Gasteiger partial charge >= 0.3 is 0 Å². The van der Waals surface area contributed by atoms with Crippen LogP contribution in [0.15, 0.2) is 42.7 Å². The van der Waals surface area contributed by atoms with Crippen molar-refractivity contribution in [2.75, 3.05) is 31.0 Å². The maximum Gasteiger partial charge on any atom is 0.168 e. The number of halogens is 2. The van der Waals surface area contributed by atoms with Gasteiger partial charge in [-0.05, 0) is 90.6 Å². The van der Waals surface area contributed by atoms with E-state index in [2.05, 4.69) is 29.1 Å². The number of rotatable bonds is 11. The van der Waals surface area contributed by atoms with Gasteiger partial charge in [0, 0.05) is 30.6 Å². The van der Waals surface area contributed by atoms with Crippen LogP contribution in [0, 0.1) is 29.9 Å². The molecule has 4 rings (SSSR count). The van der Waals surface area contributed by atoms with Gasteiger partial charge in [0.15, 0.2) is 6.29 Å². The number of benzene rings is 1. The van der Waals surface area contributed by atoms with Gasteiger partial charge in [0.2, 0.25) is 0 Å². The highest BCUT2D eigenvalue weighted by Gasteiger charge is 2.45. The van der Waals surface area contributed by atoms with Gasteiger partial charge in [-0.1, -0.05) is 19.9 Å². The molecule has 2 heterocycles. The second kappa shape index (κ2) is 13.4. The van der Waals surface area contributed by atoms with Gasteiger partial charge in [-0.2, -0.15) is 11.8 Å². The Hall–Kier alpha value is -2.88. The van der Waals surface area contributed by atoms with E-state index in [4.69, 9.17) is 10.5 Å². The van der Waals surface area contributed by atoms with E-state index < -0.39 is 17.0 Å². The first kappa shape index (κ1) is 31.1. The van der Waals surface area contributed by atoms with E-state index in [-0.39, 0.29) is 40.9 Å². The Morgan fingerprint density at radius 1 is 1.20 bits per heavy atom. The molecular weight excluding hydrogens is 542 g/mol. The number of carbonyl (C=O) groups excluding carboxylic acids is 1. The number of pyridine rings is 2. The van der Waals surface area contributed by atoms with Crippen molar-refractivity contribution in [3.05, 3.63) is 76.7 Å². The SMILES string of the molecule is CNc1cnccc1C1CC(N)C(OCCSC)C(C(C)(C)Cc2cc(C)cc(F)c2-c2nc(C=O)ccc2F)C1. The standard InChI is InChI=1S/C32H40F2N4O2S/c1-19-12-21(29(26(34)13-19)30-25(33)7-6-22(18-39)38-30)16-32(2,3)24-14-20(23-8-9-37-17-28(23)36-4)15-27(35)31(24)40-10-11-41-5/h6-9,12-13,17-18,20,24,27,31,36H,10-11,14-16,35H2,1-5H3. The number of ether oxygens (including phenoxy) is 1. The summed E-state index contributed by atoms with van der Waals surface area (Å²) in [5.41, 5.74) is 9.94. The van der Waals surface area contributed by atoms with Crippen LogP contribution in [0.4, 0.5) is 14.5 Å². The molecule has 1 fully saturated rings. The summed E-state index contributed by atoms with van der Waals surface area (Å²) < 4.78 is 37.1. The van der Waals surface area contributed by atoms with Crippen molar-refractivity contribution < 1.29 is 18.3 Å². The summed E-state index contributed by atoms with van der Waals surface area (Å²) in [6.07, 6.45) is 8.06. The second-order valence-corrected chi connectivity index (χ2v) is 12.6. The predicted octanol–water partition coefficient (Wildman–Crippen LogP) is 6.42. The number of anilines is 1. The minimum absolute atomic E-state index is 0.0199. The van der Waals surface area contributed by atoms with Crippen LogP contribution in [0.1, 0.15) is 59.8 Å². The fourth-order valence-electron chi connectivity index (χ4n) is 6.33. The van der Waals surface area contributed by atoms with Crippen LogP contribution >= 0.6 is 11.8 Å². The lowest BCUT2D eigenvalue weighted by atomic mass is 9.62. The Bertz CT molecular complexity index is 1370. The second-order valence-electron chi connectivity index (χ2n) is 11.6. The molecule has 2 aromatic heterocycles. The number of carbonyl (C=O) groups is 1. The minimum Gasteiger partial charge on any atom is -0.387 e. The van der Waals surface area contributed by atoms with Crippen molar-refractivity contribution in [1.82, 2.24) is 9.97 Å². The van der Waals surface area contributed by atoms with E-state index in [0.717, 1.165) is 35.9 Å². The van der Waals surface area contributed by atoms with Crippen LogP contribution in [0.25, 0.3) is 11.3 Å². The zero-order valence-electron chi connectivity index (χ0n) is 24.4. The molecule has 0 amide bonds. The molecule has 3 N–H and O–H groups in total. The lowest BCUT2D eigenvalue weighted by Gasteiger charge is -2.48. The number of aromatic nitrogens is 2. The topological polar surface area (TPSA) is 90.1 Å². The molecule has 1 saturated carbocycles. The average molecular weight is 583 g/mol. The predicted molar refractivity (Wildman–Crippen MR) is 163 cm³/mol. The van der Waals surface area contributed by atoms with Crippen molar-refractivity contribution in [3.63, 3.8) is 0 Å². The van der Waals surface area contributed by atoms with Crippen molar-refractivity contribution in [2.24, 2.45) is 17.1 Å². The molecule has 220 valence electrons. The summed E-state index contributed by atoms with van der Waals surface area (Å²) in [7, 11) is 1.89. The number of nitrogens with zero attached hydrogens (tertiary/aromatic N) is 2. The van der Waals surface area contributed by atoms with Gasteiger partial charge in [-0.25, -0.2) is 13.8 Å². The number of hydrogen-bond acceptors (Lipinski definition) is 7. The molecule has 1 aromatic carbocycles. The van der Waals surface area contributed by atoms with Gasteiger partial charge in [0.25, 0.3) is 0 Å². The highest BCUT2D eigenvalue weighted by Crippen LogP contribution is 2.48. The Morgan fingerprint density at radius 2 is 1.98 bits per heavy atom. The lowest BCUT2D eigenvalue weighted by molar-refractivity contribution is -0.0625. The molecule has 1 aliphatic carbocycles. The Labute approximate surface area is 245 Å². The quantitative estimate of drug-likeness (QED) is 0.199. The third-order valence-corrected chi connectivity index (χ3v) is 8.84. The smallest absolute Gasteiger partial charge is 0.168 e. The molecule has 0 aliphatic heterocycles. The summed E-state index contributed by atoms with van der Waals surface area (Å²) >= 11 is 1.72. The van der Waals surface area contributed by atoms with Crippen LogP contribution in [-0.2, 0) is 11.2 Å². The number of nitrogens with one attached hydrogen (secondary N) is 1. The fourth-order valence-corrected chi connectivity index (χ4v) is 6.59. The number of thioether (sulfide) groups is 1. The zero-order valence-corrected chi connectivity index (χ0v) is 25.2. The third kappa shape index (κ3) is 6.96. The first-order valence-corrected chi connectivity index (χ1v) is 15.4. The Morgan fingerprint density at radius 3 is 2.68 bits per heavy atom. The lowest BCUT2D eigenvalue weighted by Crippen LogP contribution is -2.52. The highest BCUT2D eigenvalue weighted by atomic mass is 32.2. The third-order valence-electron chi connectivity index (χ3n) is 8.27. The van der Waals surface area contributed by atoms with E-state index in [1.807, 2.05) is 38.6 Å². The molecule has 41 heavy (non-hydrogen) atoms. The van der Waals surface area contributed by atoms with E-state index >= 15 is 8.78 Å². The van der Waals surface area contributed by atoms with E-state index in [0.29, 0.717) is 24.9 Å². The fraction of sp³-hybridized carbons (Fsp3) is 0.469. The molecule has 0 saturated heterocycles. The number of aryl methyl sites for hydroxylation is 1. The van der Waals surface area contributed by atoms with Crippen LogP contribution < -0.4 is 11.1 Å². The van der Waals surface area contributed by atoms with Crippen molar-refractivity contribution in [2.45, 2.75) is 58.1 Å². The van der Waals surface area contributed by atoms with E-state index in [9.17, 15) is 4.79 Å². The Kier molecular flexibility index (Phi) is 10.2. The number of aldehydes is 1. The van der Waals surface area contributed by atoms with Crippen LogP contribution in [-0.4, -0.2) is 54.1 Å². The molecule has 4 unspecified atom stereocenters. The molecule has 6 nitrogen and oxygen atoms in total. The first-order valence-electron chi connectivity index (χ1n) is 14.0. The highest BCUT2D eigenvalue weighted by molar-refractivity contribution is 7.98. The zero-order chi connectivity index (χ0) is 29.7. The molecule has 1 aliphatic rings. The summed E-state index contributed by atoms with van der Waals surface area (Å²) in [5, 5.41) is 3.26. The summed E-state index contributed by atoms with van der Waals surface area (Å²) in [4.78, 5) is 19.9. The average Bonchev–Trinajstić information content (AvgIpc) is 2.94. The van der Waals surface area contributed by atoms with Crippen molar-refractivity contribution in [3.8, 4) is 11.3 Å². The minimum atomic E-state index is -0.673. The largest absolute Gasteiger partial charge is 0.387 e. The molecule has 9 heteroatoms. The van der Waals surface area contributed by atoms with Crippen molar-refractivity contribution >= 4 is 23.7 Å². The monoisotopic (exact) mass is 582 g/mol. The summed E-state index contributed by atoms with van der Waals surface area (Å²) in [5.74, 6) is -0.178. The maximum absolute atomic E-state index is 15.6. The summed E-state index contributed by atoms with van der Waals surface area (Å²) in [6, 6.07) is 7.57.